The number of rotatable bonds is 4. The van der Waals surface area contributed by atoms with Crippen LogP contribution in [-0.2, 0) is 27.2 Å². The zero-order valence-corrected chi connectivity index (χ0v) is 15.4. The Hall–Kier alpha value is -2.12. The Morgan fingerprint density at radius 1 is 1.42 bits per heavy atom. The van der Waals surface area contributed by atoms with Crippen molar-refractivity contribution in [2.45, 2.75) is 45.8 Å². The molecule has 0 radical (unpaired) electrons. The van der Waals surface area contributed by atoms with Crippen LogP contribution in [0.2, 0.25) is 0 Å². The van der Waals surface area contributed by atoms with Crippen molar-refractivity contribution in [3.05, 3.63) is 28.8 Å². The van der Waals surface area contributed by atoms with Gasteiger partial charge in [-0.05, 0) is 19.8 Å². The SMILES string of the molecule is CCOC(=O)c1oc2c(c1C)-c1nn(CC3COCCO3)cc1C(C)C2. The van der Waals surface area contributed by atoms with Gasteiger partial charge in [-0.2, -0.15) is 5.10 Å². The third-order valence-corrected chi connectivity index (χ3v) is 5.01. The second-order valence-electron chi connectivity index (χ2n) is 6.90. The summed E-state index contributed by atoms with van der Waals surface area (Å²) in [6.45, 7) is 8.66. The Bertz CT molecular complexity index is 816. The summed E-state index contributed by atoms with van der Waals surface area (Å²) in [5.41, 5.74) is 3.80. The second-order valence-corrected chi connectivity index (χ2v) is 6.90. The van der Waals surface area contributed by atoms with Crippen molar-refractivity contribution in [3.8, 4) is 11.3 Å². The Balaban J connectivity index is 1.68. The minimum Gasteiger partial charge on any atom is -0.460 e. The molecule has 2 aromatic heterocycles. The van der Waals surface area contributed by atoms with E-state index in [1.807, 2.05) is 11.6 Å². The highest BCUT2D eigenvalue weighted by molar-refractivity contribution is 5.91. The highest BCUT2D eigenvalue weighted by Gasteiger charge is 2.33. The number of esters is 1. The van der Waals surface area contributed by atoms with Gasteiger partial charge in [0.15, 0.2) is 0 Å². The van der Waals surface area contributed by atoms with E-state index in [9.17, 15) is 4.79 Å². The zero-order valence-electron chi connectivity index (χ0n) is 15.4. The van der Waals surface area contributed by atoms with Crippen LogP contribution in [0.15, 0.2) is 10.6 Å². The first-order valence-electron chi connectivity index (χ1n) is 9.15. The van der Waals surface area contributed by atoms with Crippen LogP contribution in [0.4, 0.5) is 0 Å². The van der Waals surface area contributed by atoms with E-state index in [0.717, 1.165) is 29.0 Å². The summed E-state index contributed by atoms with van der Waals surface area (Å²) in [4.78, 5) is 12.2. The molecule has 140 valence electrons. The second kappa shape index (κ2) is 6.89. The summed E-state index contributed by atoms with van der Waals surface area (Å²) in [5, 5.41) is 4.79. The van der Waals surface area contributed by atoms with Gasteiger partial charge in [0, 0.05) is 29.3 Å². The highest BCUT2D eigenvalue weighted by Crippen LogP contribution is 2.43. The summed E-state index contributed by atoms with van der Waals surface area (Å²) < 4.78 is 24.1. The quantitative estimate of drug-likeness (QED) is 0.781. The van der Waals surface area contributed by atoms with Gasteiger partial charge in [-0.3, -0.25) is 4.68 Å². The molecule has 0 aromatic carbocycles. The summed E-state index contributed by atoms with van der Waals surface area (Å²) in [6.07, 6.45) is 2.84. The lowest BCUT2D eigenvalue weighted by atomic mass is 9.86. The van der Waals surface area contributed by atoms with Gasteiger partial charge >= 0.3 is 5.97 Å². The molecule has 0 spiro atoms. The average molecular weight is 360 g/mol. The van der Waals surface area contributed by atoms with E-state index in [1.165, 1.54) is 5.56 Å². The Labute approximate surface area is 152 Å². The van der Waals surface area contributed by atoms with Crippen LogP contribution in [0.1, 0.15) is 47.2 Å². The number of aromatic nitrogens is 2. The molecule has 4 rings (SSSR count). The van der Waals surface area contributed by atoms with Gasteiger partial charge in [-0.15, -0.1) is 0 Å². The summed E-state index contributed by atoms with van der Waals surface area (Å²) in [5.74, 6) is 0.958. The van der Waals surface area contributed by atoms with Gasteiger partial charge in [0.2, 0.25) is 5.76 Å². The number of fused-ring (bicyclic) bond motifs is 3. The van der Waals surface area contributed by atoms with E-state index >= 15 is 0 Å². The van der Waals surface area contributed by atoms with Gasteiger partial charge < -0.3 is 18.6 Å². The van der Waals surface area contributed by atoms with Crippen LogP contribution in [0.3, 0.4) is 0 Å². The Morgan fingerprint density at radius 3 is 3.00 bits per heavy atom. The molecule has 7 heteroatoms. The molecule has 1 fully saturated rings. The molecule has 0 N–H and O–H groups in total. The van der Waals surface area contributed by atoms with Crippen molar-refractivity contribution in [1.29, 1.82) is 0 Å². The number of hydrogen-bond acceptors (Lipinski definition) is 6. The standard InChI is InChI=1S/C19H24N2O5/c1-4-24-19(22)18-12(3)16-15(26-18)7-11(2)14-9-21(20-17(14)16)8-13-10-23-5-6-25-13/h9,11,13H,4-8,10H2,1-3H3. The predicted molar refractivity (Wildman–Crippen MR) is 93.3 cm³/mol. The normalized spacial score (nSPS) is 22.0. The van der Waals surface area contributed by atoms with E-state index in [1.54, 1.807) is 6.92 Å². The molecule has 0 bridgehead atoms. The number of furan rings is 1. The van der Waals surface area contributed by atoms with E-state index in [2.05, 4.69) is 13.1 Å². The van der Waals surface area contributed by atoms with Crippen molar-refractivity contribution >= 4 is 5.97 Å². The van der Waals surface area contributed by atoms with Gasteiger partial charge in [-0.1, -0.05) is 6.92 Å². The van der Waals surface area contributed by atoms with Crippen LogP contribution in [0, 0.1) is 6.92 Å². The third-order valence-electron chi connectivity index (χ3n) is 5.01. The number of carbonyl (C=O) groups is 1. The molecule has 7 nitrogen and oxygen atoms in total. The van der Waals surface area contributed by atoms with Crippen LogP contribution in [-0.4, -0.2) is 48.3 Å². The minimum atomic E-state index is -0.416. The zero-order chi connectivity index (χ0) is 18.3. The summed E-state index contributed by atoms with van der Waals surface area (Å²) in [7, 11) is 0. The maximum absolute atomic E-state index is 12.2. The van der Waals surface area contributed by atoms with Crippen LogP contribution in [0.25, 0.3) is 11.3 Å². The van der Waals surface area contributed by atoms with Crippen molar-refractivity contribution in [2.24, 2.45) is 0 Å². The largest absolute Gasteiger partial charge is 0.460 e. The van der Waals surface area contributed by atoms with Gasteiger partial charge in [0.1, 0.15) is 11.9 Å². The molecular weight excluding hydrogens is 336 g/mol. The molecule has 2 unspecified atom stereocenters. The van der Waals surface area contributed by atoms with Gasteiger partial charge in [0.05, 0.1) is 38.7 Å². The fraction of sp³-hybridized carbons (Fsp3) is 0.579. The topological polar surface area (TPSA) is 75.7 Å². The van der Waals surface area contributed by atoms with Crippen molar-refractivity contribution in [1.82, 2.24) is 9.78 Å². The molecule has 2 aliphatic rings. The predicted octanol–water partition coefficient (Wildman–Crippen LogP) is 2.70. The maximum Gasteiger partial charge on any atom is 0.374 e. The molecule has 1 aliphatic heterocycles. The summed E-state index contributed by atoms with van der Waals surface area (Å²) in [6, 6.07) is 0. The Kier molecular flexibility index (Phi) is 4.58. The van der Waals surface area contributed by atoms with Crippen molar-refractivity contribution < 1.29 is 23.4 Å². The number of hydrogen-bond donors (Lipinski definition) is 0. The first-order valence-corrected chi connectivity index (χ1v) is 9.15. The molecule has 26 heavy (non-hydrogen) atoms. The smallest absolute Gasteiger partial charge is 0.374 e. The molecular formula is C19H24N2O5. The van der Waals surface area contributed by atoms with Crippen molar-refractivity contribution in [2.75, 3.05) is 26.4 Å². The third kappa shape index (κ3) is 2.95. The first kappa shape index (κ1) is 17.3. The fourth-order valence-electron chi connectivity index (χ4n) is 3.74. The molecule has 3 heterocycles. The van der Waals surface area contributed by atoms with Crippen LogP contribution in [0.5, 0.6) is 0 Å². The number of nitrogens with zero attached hydrogens (tertiary/aromatic N) is 2. The number of ether oxygens (including phenoxy) is 3. The monoisotopic (exact) mass is 360 g/mol. The number of carbonyl (C=O) groups excluding carboxylic acids is 1. The van der Waals surface area contributed by atoms with E-state index in [-0.39, 0.29) is 17.8 Å². The minimum absolute atomic E-state index is 0.0143. The molecule has 2 atom stereocenters. The van der Waals surface area contributed by atoms with Gasteiger partial charge in [0.25, 0.3) is 0 Å². The lowest BCUT2D eigenvalue weighted by Gasteiger charge is -2.22. The molecule has 0 saturated carbocycles. The van der Waals surface area contributed by atoms with Gasteiger partial charge in [-0.25, -0.2) is 4.79 Å². The lowest BCUT2D eigenvalue weighted by molar-refractivity contribution is -0.0946. The molecule has 1 saturated heterocycles. The van der Waals surface area contributed by atoms with Crippen molar-refractivity contribution in [3.63, 3.8) is 0 Å². The van der Waals surface area contributed by atoms with E-state index in [4.69, 9.17) is 23.7 Å². The average Bonchev–Trinajstić information content (AvgIpc) is 3.17. The fourth-order valence-corrected chi connectivity index (χ4v) is 3.74. The van der Waals surface area contributed by atoms with E-state index < -0.39 is 5.97 Å². The van der Waals surface area contributed by atoms with E-state index in [0.29, 0.717) is 33.0 Å². The Morgan fingerprint density at radius 2 is 2.27 bits per heavy atom. The highest BCUT2D eigenvalue weighted by atomic mass is 16.6. The lowest BCUT2D eigenvalue weighted by Crippen LogP contribution is -2.32. The van der Waals surface area contributed by atoms with Crippen LogP contribution >= 0.6 is 0 Å². The molecule has 0 amide bonds. The first-order chi connectivity index (χ1) is 12.6. The van der Waals surface area contributed by atoms with Crippen LogP contribution < -0.4 is 0 Å². The molecule has 1 aliphatic carbocycles. The summed E-state index contributed by atoms with van der Waals surface area (Å²) >= 11 is 0. The molecule has 2 aromatic rings. The maximum atomic E-state index is 12.2.